The van der Waals surface area contributed by atoms with Crippen LogP contribution in [0.2, 0.25) is 0 Å². The summed E-state index contributed by atoms with van der Waals surface area (Å²) in [7, 11) is 3.06. The van der Waals surface area contributed by atoms with Crippen molar-refractivity contribution in [1.29, 1.82) is 0 Å². The van der Waals surface area contributed by atoms with Crippen LogP contribution < -0.4 is 14.8 Å². The molecule has 1 saturated heterocycles. The minimum absolute atomic E-state index is 0.106. The molecule has 0 aliphatic carbocycles. The maximum atomic E-state index is 13.0. The maximum absolute atomic E-state index is 13.0. The van der Waals surface area contributed by atoms with Gasteiger partial charge in [-0.05, 0) is 70.0 Å². The number of benzene rings is 2. The molecule has 9 nitrogen and oxygen atoms in total. The number of fused-ring (bicyclic) bond motifs is 1. The molecule has 0 spiro atoms. The van der Waals surface area contributed by atoms with E-state index in [2.05, 4.69) is 5.32 Å². The predicted molar refractivity (Wildman–Crippen MR) is 133 cm³/mol. The molecule has 2 heterocycles. The van der Waals surface area contributed by atoms with Crippen LogP contribution in [0, 0.1) is 0 Å². The lowest BCUT2D eigenvalue weighted by Crippen LogP contribution is -2.46. The maximum Gasteiger partial charge on any atom is 0.262 e. The first kappa shape index (κ1) is 25.2. The van der Waals surface area contributed by atoms with Gasteiger partial charge in [0.2, 0.25) is 0 Å². The average Bonchev–Trinajstić information content (AvgIpc) is 3.12. The summed E-state index contributed by atoms with van der Waals surface area (Å²) in [6.45, 7) is 6.38. The Bertz CT molecular complexity index is 1220. The number of carbonyl (C=O) groups is 4. The second-order valence-corrected chi connectivity index (χ2v) is 9.99. The van der Waals surface area contributed by atoms with E-state index in [0.29, 0.717) is 54.1 Å². The van der Waals surface area contributed by atoms with E-state index in [1.165, 1.54) is 18.1 Å². The minimum atomic E-state index is -0.655. The van der Waals surface area contributed by atoms with Crippen LogP contribution in [0.1, 0.15) is 75.0 Å². The summed E-state index contributed by atoms with van der Waals surface area (Å²) in [5.41, 5.74) is 0.746. The molecule has 0 bridgehead atoms. The summed E-state index contributed by atoms with van der Waals surface area (Å²) >= 11 is 0. The molecule has 2 aromatic carbocycles. The van der Waals surface area contributed by atoms with Crippen molar-refractivity contribution in [2.24, 2.45) is 0 Å². The molecule has 1 fully saturated rings. The number of nitrogens with one attached hydrogen (secondary N) is 1. The van der Waals surface area contributed by atoms with Crippen LogP contribution in [-0.2, 0) is 0 Å². The Morgan fingerprint density at radius 1 is 0.861 bits per heavy atom. The Kier molecular flexibility index (Phi) is 6.75. The van der Waals surface area contributed by atoms with Gasteiger partial charge in [-0.2, -0.15) is 0 Å². The van der Waals surface area contributed by atoms with E-state index in [9.17, 15) is 19.2 Å². The van der Waals surface area contributed by atoms with Crippen molar-refractivity contribution in [1.82, 2.24) is 15.1 Å². The number of imide groups is 1. The number of amides is 4. The zero-order valence-corrected chi connectivity index (χ0v) is 21.2. The van der Waals surface area contributed by atoms with Gasteiger partial charge in [-0.1, -0.05) is 0 Å². The molecular weight excluding hydrogens is 462 g/mol. The quantitative estimate of drug-likeness (QED) is 0.642. The van der Waals surface area contributed by atoms with E-state index in [-0.39, 0.29) is 35.2 Å². The number of ether oxygens (including phenoxy) is 2. The van der Waals surface area contributed by atoms with E-state index in [1.54, 1.807) is 63.1 Å². The highest BCUT2D eigenvalue weighted by molar-refractivity contribution is 6.22. The van der Waals surface area contributed by atoms with Gasteiger partial charge < -0.3 is 19.7 Å². The summed E-state index contributed by atoms with van der Waals surface area (Å²) in [6.07, 6.45) is 1.20. The van der Waals surface area contributed by atoms with Crippen molar-refractivity contribution in [3.05, 3.63) is 58.7 Å². The van der Waals surface area contributed by atoms with Gasteiger partial charge in [0, 0.05) is 35.8 Å². The van der Waals surface area contributed by atoms with Crippen LogP contribution in [0.3, 0.4) is 0 Å². The van der Waals surface area contributed by atoms with E-state index in [4.69, 9.17) is 9.47 Å². The largest absolute Gasteiger partial charge is 0.493 e. The third kappa shape index (κ3) is 4.65. The van der Waals surface area contributed by atoms with Gasteiger partial charge >= 0.3 is 0 Å². The summed E-state index contributed by atoms with van der Waals surface area (Å²) in [5, 5.41) is 3.00. The van der Waals surface area contributed by atoms with Crippen LogP contribution >= 0.6 is 0 Å². The fraction of sp³-hybridized carbons (Fsp3) is 0.407. The molecule has 4 rings (SSSR count). The van der Waals surface area contributed by atoms with Crippen molar-refractivity contribution in [2.45, 2.75) is 45.2 Å². The summed E-state index contributed by atoms with van der Waals surface area (Å²) in [4.78, 5) is 54.4. The Hall–Kier alpha value is -3.88. The topological polar surface area (TPSA) is 105 Å². The highest BCUT2D eigenvalue weighted by atomic mass is 16.5. The summed E-state index contributed by atoms with van der Waals surface area (Å²) in [5.74, 6) is -0.104. The Morgan fingerprint density at radius 2 is 1.47 bits per heavy atom. The molecule has 4 amide bonds. The molecular formula is C27H31N3O6. The van der Waals surface area contributed by atoms with Crippen LogP contribution in [0.25, 0.3) is 0 Å². The SMILES string of the molecule is COc1ccc(C(=O)N2CCC(NC(=O)c3ccc4c(c3)C(=O)N(C(C)(C)C)C4=O)CC2)cc1OC. The van der Waals surface area contributed by atoms with Crippen molar-refractivity contribution in [3.8, 4) is 11.5 Å². The molecule has 2 aliphatic heterocycles. The molecule has 9 heteroatoms. The zero-order chi connectivity index (χ0) is 26.2. The normalized spacial score (nSPS) is 16.1. The lowest BCUT2D eigenvalue weighted by Gasteiger charge is -2.32. The van der Waals surface area contributed by atoms with Gasteiger partial charge in [0.1, 0.15) is 0 Å². The summed E-state index contributed by atoms with van der Waals surface area (Å²) in [6, 6.07) is 9.57. The first-order chi connectivity index (χ1) is 17.0. The van der Waals surface area contributed by atoms with Crippen molar-refractivity contribution < 1.29 is 28.7 Å². The van der Waals surface area contributed by atoms with Crippen LogP contribution in [0.15, 0.2) is 36.4 Å². The lowest BCUT2D eigenvalue weighted by atomic mass is 10.0. The van der Waals surface area contributed by atoms with Gasteiger partial charge in [0.15, 0.2) is 11.5 Å². The first-order valence-electron chi connectivity index (χ1n) is 11.9. The number of hydrogen-bond acceptors (Lipinski definition) is 6. The third-order valence-electron chi connectivity index (χ3n) is 6.57. The Labute approximate surface area is 210 Å². The fourth-order valence-corrected chi connectivity index (χ4v) is 4.64. The molecule has 190 valence electrons. The van der Waals surface area contributed by atoms with Crippen molar-refractivity contribution >= 4 is 23.6 Å². The number of piperidine rings is 1. The van der Waals surface area contributed by atoms with Crippen molar-refractivity contribution in [2.75, 3.05) is 27.3 Å². The summed E-state index contributed by atoms with van der Waals surface area (Å²) < 4.78 is 10.5. The Balaban J connectivity index is 1.38. The fourth-order valence-electron chi connectivity index (χ4n) is 4.64. The van der Waals surface area contributed by atoms with E-state index >= 15 is 0 Å². The monoisotopic (exact) mass is 493 g/mol. The molecule has 2 aliphatic rings. The molecule has 0 saturated carbocycles. The van der Waals surface area contributed by atoms with Gasteiger partial charge in [-0.3, -0.25) is 24.1 Å². The van der Waals surface area contributed by atoms with Crippen LogP contribution in [0.5, 0.6) is 11.5 Å². The number of nitrogens with zero attached hydrogens (tertiary/aromatic N) is 2. The second kappa shape index (κ2) is 9.64. The zero-order valence-electron chi connectivity index (χ0n) is 21.2. The lowest BCUT2D eigenvalue weighted by molar-refractivity contribution is 0.0507. The third-order valence-corrected chi connectivity index (χ3v) is 6.57. The van der Waals surface area contributed by atoms with Crippen molar-refractivity contribution in [3.63, 3.8) is 0 Å². The van der Waals surface area contributed by atoms with Crippen LogP contribution in [-0.4, -0.2) is 72.3 Å². The molecule has 0 unspecified atom stereocenters. The number of hydrogen-bond donors (Lipinski definition) is 1. The standard InChI is InChI=1S/C27H31N3O6/c1-27(2,3)30-25(33)19-8-6-16(14-20(19)26(30)34)23(31)28-18-10-12-29(13-11-18)24(32)17-7-9-21(35-4)22(15-17)36-5/h6-9,14-15,18H,10-13H2,1-5H3,(H,28,31). The van der Waals surface area contributed by atoms with E-state index in [0.717, 1.165) is 0 Å². The van der Waals surface area contributed by atoms with E-state index in [1.807, 2.05) is 0 Å². The highest BCUT2D eigenvalue weighted by Gasteiger charge is 2.42. The van der Waals surface area contributed by atoms with Gasteiger partial charge in [-0.25, -0.2) is 0 Å². The molecule has 2 aromatic rings. The molecule has 36 heavy (non-hydrogen) atoms. The predicted octanol–water partition coefficient (Wildman–Crippen LogP) is 3.13. The number of carbonyl (C=O) groups excluding carboxylic acids is 4. The number of likely N-dealkylation sites (tertiary alicyclic amines) is 1. The Morgan fingerprint density at radius 3 is 2.08 bits per heavy atom. The number of rotatable bonds is 5. The smallest absolute Gasteiger partial charge is 0.262 e. The molecule has 0 aromatic heterocycles. The highest BCUT2D eigenvalue weighted by Crippen LogP contribution is 2.30. The molecule has 0 atom stereocenters. The van der Waals surface area contributed by atoms with Crippen LogP contribution in [0.4, 0.5) is 0 Å². The number of methoxy groups -OCH3 is 2. The minimum Gasteiger partial charge on any atom is -0.493 e. The second-order valence-electron chi connectivity index (χ2n) is 9.99. The molecule has 0 radical (unpaired) electrons. The average molecular weight is 494 g/mol. The van der Waals surface area contributed by atoms with Gasteiger partial charge in [-0.15, -0.1) is 0 Å². The molecule has 1 N–H and O–H groups in total. The first-order valence-corrected chi connectivity index (χ1v) is 11.9. The van der Waals surface area contributed by atoms with Gasteiger partial charge in [0.05, 0.1) is 25.3 Å². The van der Waals surface area contributed by atoms with E-state index < -0.39 is 5.54 Å². The van der Waals surface area contributed by atoms with Gasteiger partial charge in [0.25, 0.3) is 23.6 Å².